The zero-order valence-electron chi connectivity index (χ0n) is 11.3. The normalized spacial score (nSPS) is 12.2. The highest BCUT2D eigenvalue weighted by Crippen LogP contribution is 2.20. The molecule has 20 heavy (non-hydrogen) atoms. The molecule has 2 rings (SSSR count). The molecule has 0 heterocycles. The summed E-state index contributed by atoms with van der Waals surface area (Å²) in [5.41, 5.74) is 6.85. The van der Waals surface area contributed by atoms with E-state index in [1.165, 1.54) is 18.2 Å². The first kappa shape index (κ1) is 14.5. The third kappa shape index (κ3) is 3.33. The molecule has 0 spiro atoms. The average molecular weight is 277 g/mol. The maximum absolute atomic E-state index is 13.4. The molecule has 0 unspecified atom stereocenters. The highest BCUT2D eigenvalue weighted by molar-refractivity contribution is 5.29. The van der Waals surface area contributed by atoms with Crippen molar-refractivity contribution in [1.29, 1.82) is 0 Å². The van der Waals surface area contributed by atoms with E-state index >= 15 is 0 Å². The van der Waals surface area contributed by atoms with Crippen molar-refractivity contribution in [3.63, 3.8) is 0 Å². The van der Waals surface area contributed by atoms with Gasteiger partial charge in [0.1, 0.15) is 24.0 Å². The molecular weight excluding hydrogens is 260 g/mol. The van der Waals surface area contributed by atoms with Gasteiger partial charge >= 0.3 is 0 Å². The zero-order chi connectivity index (χ0) is 14.5. The van der Waals surface area contributed by atoms with Gasteiger partial charge < -0.3 is 10.5 Å². The Hall–Kier alpha value is -1.94. The molecule has 0 saturated carbocycles. The number of ether oxygens (including phenoxy) is 1. The van der Waals surface area contributed by atoms with Crippen molar-refractivity contribution in [2.75, 3.05) is 0 Å². The highest BCUT2D eigenvalue weighted by Gasteiger charge is 2.09. The summed E-state index contributed by atoms with van der Waals surface area (Å²) in [5.74, 6) is -0.649. The van der Waals surface area contributed by atoms with Gasteiger partial charge in [-0.05, 0) is 36.2 Å². The average Bonchev–Trinajstić information content (AvgIpc) is 2.46. The number of halogens is 2. The van der Waals surface area contributed by atoms with Crippen molar-refractivity contribution in [1.82, 2.24) is 0 Å². The Balaban J connectivity index is 2.04. The second-order valence-electron chi connectivity index (χ2n) is 4.57. The van der Waals surface area contributed by atoms with Gasteiger partial charge in [0.05, 0.1) is 5.56 Å². The Bertz CT molecular complexity index is 549. The summed E-state index contributed by atoms with van der Waals surface area (Å²) in [6, 6.07) is 11.0. The van der Waals surface area contributed by atoms with Crippen LogP contribution in [0.15, 0.2) is 42.5 Å². The molecule has 2 nitrogen and oxygen atoms in total. The van der Waals surface area contributed by atoms with Crippen LogP contribution in [0.25, 0.3) is 0 Å². The molecule has 4 heteroatoms. The van der Waals surface area contributed by atoms with Gasteiger partial charge in [0.2, 0.25) is 0 Å². The van der Waals surface area contributed by atoms with Crippen LogP contribution in [0, 0.1) is 11.6 Å². The van der Waals surface area contributed by atoms with Crippen molar-refractivity contribution < 1.29 is 13.5 Å². The van der Waals surface area contributed by atoms with Gasteiger partial charge in [-0.3, -0.25) is 0 Å². The van der Waals surface area contributed by atoms with Crippen molar-refractivity contribution in [2.24, 2.45) is 5.73 Å². The number of hydrogen-bond donors (Lipinski definition) is 1. The third-order valence-corrected chi connectivity index (χ3v) is 3.19. The smallest absolute Gasteiger partial charge is 0.132 e. The molecule has 1 atom stereocenters. The number of hydrogen-bond acceptors (Lipinski definition) is 2. The summed E-state index contributed by atoms with van der Waals surface area (Å²) >= 11 is 0. The largest absolute Gasteiger partial charge is 0.489 e. The van der Waals surface area contributed by atoms with Gasteiger partial charge in [0, 0.05) is 6.04 Å². The van der Waals surface area contributed by atoms with Crippen LogP contribution in [0.1, 0.15) is 30.5 Å². The van der Waals surface area contributed by atoms with Crippen LogP contribution in [0.3, 0.4) is 0 Å². The first-order chi connectivity index (χ1) is 9.61. The molecule has 0 saturated heterocycles. The topological polar surface area (TPSA) is 35.2 Å². The lowest BCUT2D eigenvalue weighted by Gasteiger charge is -2.11. The van der Waals surface area contributed by atoms with Crippen molar-refractivity contribution in [3.05, 3.63) is 65.2 Å². The lowest BCUT2D eigenvalue weighted by Crippen LogP contribution is -2.08. The molecule has 2 aromatic rings. The Labute approximate surface area is 117 Å². The van der Waals surface area contributed by atoms with E-state index in [4.69, 9.17) is 10.5 Å². The van der Waals surface area contributed by atoms with Crippen LogP contribution in [0.5, 0.6) is 5.75 Å². The van der Waals surface area contributed by atoms with Crippen LogP contribution in [0.2, 0.25) is 0 Å². The molecule has 2 aromatic carbocycles. The van der Waals surface area contributed by atoms with Crippen molar-refractivity contribution in [2.45, 2.75) is 26.0 Å². The second kappa shape index (κ2) is 6.48. The Kier molecular flexibility index (Phi) is 4.69. The van der Waals surface area contributed by atoms with Crippen molar-refractivity contribution >= 4 is 0 Å². The van der Waals surface area contributed by atoms with Gasteiger partial charge in [0.15, 0.2) is 0 Å². The summed E-state index contributed by atoms with van der Waals surface area (Å²) < 4.78 is 32.3. The van der Waals surface area contributed by atoms with Crippen LogP contribution in [-0.2, 0) is 6.61 Å². The van der Waals surface area contributed by atoms with E-state index in [2.05, 4.69) is 0 Å². The SMILES string of the molecule is CC[C@H](N)c1ccc(OCc2c(F)cccc2F)cc1. The molecule has 2 N–H and O–H groups in total. The van der Waals surface area contributed by atoms with E-state index in [9.17, 15) is 8.78 Å². The molecular formula is C16H17F2NO. The lowest BCUT2D eigenvalue weighted by atomic mass is 10.1. The van der Waals surface area contributed by atoms with Gasteiger partial charge in [0.25, 0.3) is 0 Å². The fourth-order valence-electron chi connectivity index (χ4n) is 1.87. The fraction of sp³-hybridized carbons (Fsp3) is 0.250. The van der Waals surface area contributed by atoms with Gasteiger partial charge in [-0.1, -0.05) is 25.1 Å². The fourth-order valence-corrected chi connectivity index (χ4v) is 1.87. The van der Waals surface area contributed by atoms with E-state index in [1.54, 1.807) is 12.1 Å². The number of benzene rings is 2. The number of rotatable bonds is 5. The van der Waals surface area contributed by atoms with Gasteiger partial charge in [-0.2, -0.15) is 0 Å². The Morgan fingerprint density at radius 3 is 2.20 bits per heavy atom. The van der Waals surface area contributed by atoms with Crippen LogP contribution in [0.4, 0.5) is 8.78 Å². The predicted octanol–water partition coefficient (Wildman–Crippen LogP) is 3.95. The molecule has 0 aliphatic rings. The molecule has 106 valence electrons. The van der Waals surface area contributed by atoms with Gasteiger partial charge in [-0.15, -0.1) is 0 Å². The molecule has 0 fully saturated rings. The van der Waals surface area contributed by atoms with Crippen LogP contribution >= 0.6 is 0 Å². The molecule has 0 aliphatic carbocycles. The molecule has 0 aromatic heterocycles. The Morgan fingerprint density at radius 2 is 1.65 bits per heavy atom. The monoisotopic (exact) mass is 277 g/mol. The summed E-state index contributed by atoms with van der Waals surface area (Å²) in [4.78, 5) is 0. The zero-order valence-corrected chi connectivity index (χ0v) is 11.3. The lowest BCUT2D eigenvalue weighted by molar-refractivity contribution is 0.292. The first-order valence-electron chi connectivity index (χ1n) is 6.53. The summed E-state index contributed by atoms with van der Waals surface area (Å²) in [5, 5.41) is 0. The van der Waals surface area contributed by atoms with Crippen molar-refractivity contribution in [3.8, 4) is 5.75 Å². The van der Waals surface area contributed by atoms with E-state index in [0.717, 1.165) is 12.0 Å². The minimum absolute atomic E-state index is 0.00642. The third-order valence-electron chi connectivity index (χ3n) is 3.19. The van der Waals surface area contributed by atoms with Gasteiger partial charge in [-0.25, -0.2) is 8.78 Å². The summed E-state index contributed by atoms with van der Waals surface area (Å²) in [6.45, 7) is 1.87. The molecule has 0 bridgehead atoms. The molecule has 0 aliphatic heterocycles. The summed E-state index contributed by atoms with van der Waals surface area (Å²) in [6.07, 6.45) is 0.848. The van der Waals surface area contributed by atoms with E-state index in [1.807, 2.05) is 19.1 Å². The number of nitrogens with two attached hydrogens (primary N) is 1. The molecule has 0 amide bonds. The summed E-state index contributed by atoms with van der Waals surface area (Å²) in [7, 11) is 0. The quantitative estimate of drug-likeness (QED) is 0.898. The predicted molar refractivity (Wildman–Crippen MR) is 74.4 cm³/mol. The first-order valence-corrected chi connectivity index (χ1v) is 6.53. The maximum atomic E-state index is 13.4. The van der Waals surface area contributed by atoms with Crippen LogP contribution < -0.4 is 10.5 Å². The van der Waals surface area contributed by atoms with E-state index < -0.39 is 11.6 Å². The maximum Gasteiger partial charge on any atom is 0.132 e. The van der Waals surface area contributed by atoms with E-state index in [-0.39, 0.29) is 18.2 Å². The molecule has 0 radical (unpaired) electrons. The second-order valence-corrected chi connectivity index (χ2v) is 4.57. The Morgan fingerprint density at radius 1 is 1.05 bits per heavy atom. The highest BCUT2D eigenvalue weighted by atomic mass is 19.1. The van der Waals surface area contributed by atoms with E-state index in [0.29, 0.717) is 5.75 Å². The minimum atomic E-state index is -0.602. The van der Waals surface area contributed by atoms with Crippen LogP contribution in [-0.4, -0.2) is 0 Å². The minimum Gasteiger partial charge on any atom is -0.489 e. The standard InChI is InChI=1S/C16H17F2NO/c1-2-16(19)11-6-8-12(9-7-11)20-10-13-14(17)4-3-5-15(13)18/h3-9,16H,2,10,19H2,1H3/t16-/m0/s1.